The molecular weight excluding hydrogens is 290 g/mol. The van der Waals surface area contributed by atoms with Crippen LogP contribution in [0, 0.1) is 0 Å². The van der Waals surface area contributed by atoms with Gasteiger partial charge in [0.15, 0.2) is 0 Å². The van der Waals surface area contributed by atoms with Gasteiger partial charge >= 0.3 is 0 Å². The maximum absolute atomic E-state index is 12.1. The summed E-state index contributed by atoms with van der Waals surface area (Å²) in [6.07, 6.45) is 1.87. The molecule has 8 heteroatoms. The van der Waals surface area contributed by atoms with E-state index >= 15 is 0 Å². The molecule has 114 valence electrons. The van der Waals surface area contributed by atoms with Crippen molar-refractivity contribution in [3.05, 3.63) is 42.0 Å². The quantitative estimate of drug-likeness (QED) is 0.657. The number of aromatic amines is 1. The Morgan fingerprint density at radius 1 is 1.24 bits per heavy atom. The molecule has 1 heterocycles. The first-order valence-corrected chi connectivity index (χ1v) is 8.23. The van der Waals surface area contributed by atoms with E-state index in [0.717, 1.165) is 18.7 Å². The molecular formula is C13H19N5O2S. The Hall–Kier alpha value is -1.77. The third-order valence-corrected chi connectivity index (χ3v) is 4.41. The van der Waals surface area contributed by atoms with Crippen LogP contribution < -0.4 is 10.0 Å². The number of aromatic nitrogens is 3. The molecule has 0 bridgehead atoms. The molecule has 0 aliphatic carbocycles. The minimum Gasteiger partial charge on any atom is -0.313 e. The number of nitrogens with zero attached hydrogens (tertiary/aromatic N) is 2. The molecule has 0 atom stereocenters. The van der Waals surface area contributed by atoms with Gasteiger partial charge in [-0.15, -0.1) is 0 Å². The average molecular weight is 309 g/mol. The topological polar surface area (TPSA) is 99.8 Å². The zero-order valence-corrected chi connectivity index (χ0v) is 12.7. The van der Waals surface area contributed by atoms with Gasteiger partial charge in [-0.25, -0.2) is 18.1 Å². The molecule has 0 saturated heterocycles. The smallest absolute Gasteiger partial charge is 0.240 e. The Morgan fingerprint density at radius 3 is 2.62 bits per heavy atom. The van der Waals surface area contributed by atoms with Crippen molar-refractivity contribution in [3.63, 3.8) is 0 Å². The van der Waals surface area contributed by atoms with E-state index < -0.39 is 10.0 Å². The van der Waals surface area contributed by atoms with Crippen LogP contribution in [0.4, 0.5) is 0 Å². The highest BCUT2D eigenvalue weighted by atomic mass is 32.2. The van der Waals surface area contributed by atoms with Crippen molar-refractivity contribution >= 4 is 10.0 Å². The molecule has 2 aromatic rings. The normalized spacial score (nSPS) is 11.7. The van der Waals surface area contributed by atoms with Crippen molar-refractivity contribution < 1.29 is 8.42 Å². The zero-order chi connectivity index (χ0) is 15.1. The lowest BCUT2D eigenvalue weighted by Gasteiger charge is -2.07. The van der Waals surface area contributed by atoms with Gasteiger partial charge in [-0.3, -0.25) is 5.10 Å². The molecule has 0 aliphatic heterocycles. The number of rotatable bonds is 8. The Balaban J connectivity index is 1.92. The van der Waals surface area contributed by atoms with Crippen LogP contribution in [-0.4, -0.2) is 36.7 Å². The van der Waals surface area contributed by atoms with Crippen LogP contribution in [0.3, 0.4) is 0 Å². The molecule has 0 aliphatic rings. The molecule has 0 unspecified atom stereocenters. The Labute approximate surface area is 124 Å². The van der Waals surface area contributed by atoms with Gasteiger partial charge in [0.1, 0.15) is 12.2 Å². The van der Waals surface area contributed by atoms with Gasteiger partial charge in [-0.1, -0.05) is 19.1 Å². The third kappa shape index (κ3) is 4.62. The largest absolute Gasteiger partial charge is 0.313 e. The summed E-state index contributed by atoms with van der Waals surface area (Å²) in [5, 5.41) is 9.59. The number of sulfonamides is 1. The number of benzene rings is 1. The summed E-state index contributed by atoms with van der Waals surface area (Å²) in [5.74, 6) is 0.652. The maximum atomic E-state index is 12.1. The zero-order valence-electron chi connectivity index (χ0n) is 11.8. The first-order chi connectivity index (χ1) is 10.1. The molecule has 0 radical (unpaired) electrons. The second-order valence-corrected chi connectivity index (χ2v) is 6.27. The Morgan fingerprint density at radius 2 is 2.00 bits per heavy atom. The minimum absolute atomic E-state index is 0.264. The molecule has 1 aromatic heterocycles. The summed E-state index contributed by atoms with van der Waals surface area (Å²) >= 11 is 0. The first-order valence-electron chi connectivity index (χ1n) is 6.75. The van der Waals surface area contributed by atoms with E-state index in [-0.39, 0.29) is 11.4 Å². The summed E-state index contributed by atoms with van der Waals surface area (Å²) < 4.78 is 26.8. The molecule has 7 nitrogen and oxygen atoms in total. The summed E-state index contributed by atoms with van der Waals surface area (Å²) in [7, 11) is -3.48. The van der Waals surface area contributed by atoms with E-state index in [0.29, 0.717) is 12.2 Å². The summed E-state index contributed by atoms with van der Waals surface area (Å²) in [5.41, 5.74) is 1.05. The molecule has 1 aromatic carbocycles. The number of hydrogen-bond acceptors (Lipinski definition) is 5. The predicted molar refractivity (Wildman–Crippen MR) is 79.1 cm³/mol. The van der Waals surface area contributed by atoms with Gasteiger partial charge in [0, 0.05) is 19.5 Å². The molecule has 3 N–H and O–H groups in total. The van der Waals surface area contributed by atoms with Crippen LogP contribution in [0.25, 0.3) is 0 Å². The van der Waals surface area contributed by atoms with Crippen molar-refractivity contribution in [3.8, 4) is 0 Å². The van der Waals surface area contributed by atoms with Gasteiger partial charge < -0.3 is 5.32 Å². The second-order valence-electron chi connectivity index (χ2n) is 4.50. The number of H-pyrrole nitrogens is 1. The minimum atomic E-state index is -3.48. The highest BCUT2D eigenvalue weighted by Crippen LogP contribution is 2.10. The van der Waals surface area contributed by atoms with Crippen LogP contribution >= 0.6 is 0 Å². The second kappa shape index (κ2) is 7.30. The maximum Gasteiger partial charge on any atom is 0.240 e. The monoisotopic (exact) mass is 309 g/mol. The van der Waals surface area contributed by atoms with E-state index in [4.69, 9.17) is 0 Å². The fraction of sp³-hybridized carbons (Fsp3) is 0.385. The molecule has 0 saturated carbocycles. The summed E-state index contributed by atoms with van der Waals surface area (Å²) in [6, 6.07) is 6.86. The van der Waals surface area contributed by atoms with E-state index in [9.17, 15) is 8.42 Å². The molecule has 21 heavy (non-hydrogen) atoms. The third-order valence-electron chi connectivity index (χ3n) is 2.93. The highest BCUT2D eigenvalue weighted by Gasteiger charge is 2.13. The summed E-state index contributed by atoms with van der Waals surface area (Å²) in [6.45, 7) is 3.91. The van der Waals surface area contributed by atoms with E-state index in [1.165, 1.54) is 6.33 Å². The fourth-order valence-electron chi connectivity index (χ4n) is 1.79. The van der Waals surface area contributed by atoms with Gasteiger partial charge in [-0.2, -0.15) is 5.10 Å². The summed E-state index contributed by atoms with van der Waals surface area (Å²) in [4.78, 5) is 4.20. The van der Waals surface area contributed by atoms with Crippen LogP contribution in [0.5, 0.6) is 0 Å². The van der Waals surface area contributed by atoms with E-state index in [2.05, 4.69) is 25.2 Å². The molecule has 0 fully saturated rings. The van der Waals surface area contributed by atoms with Gasteiger partial charge in [0.2, 0.25) is 10.0 Å². The standard InChI is InChI=1S/C13H19N5O2S/c1-2-14-9-11-3-5-12(6-4-11)21(19,20)17-8-7-13-15-10-16-18-13/h3-6,10,14,17H,2,7-9H2,1H3,(H,15,16,18). The van der Waals surface area contributed by atoms with Crippen LogP contribution in [0.2, 0.25) is 0 Å². The Kier molecular flexibility index (Phi) is 5.43. The lowest BCUT2D eigenvalue weighted by atomic mass is 10.2. The lowest BCUT2D eigenvalue weighted by Crippen LogP contribution is -2.26. The van der Waals surface area contributed by atoms with Crippen molar-refractivity contribution in [2.75, 3.05) is 13.1 Å². The van der Waals surface area contributed by atoms with Crippen molar-refractivity contribution in [2.45, 2.75) is 24.8 Å². The highest BCUT2D eigenvalue weighted by molar-refractivity contribution is 7.89. The van der Waals surface area contributed by atoms with Crippen molar-refractivity contribution in [2.24, 2.45) is 0 Å². The SMILES string of the molecule is CCNCc1ccc(S(=O)(=O)NCCc2ncn[nH]2)cc1. The van der Waals surface area contributed by atoms with Gasteiger partial charge in [-0.05, 0) is 24.2 Å². The molecule has 0 spiro atoms. The van der Waals surface area contributed by atoms with Crippen molar-refractivity contribution in [1.82, 2.24) is 25.2 Å². The number of hydrogen-bond donors (Lipinski definition) is 3. The van der Waals surface area contributed by atoms with Crippen molar-refractivity contribution in [1.29, 1.82) is 0 Å². The Bertz CT molecular complexity index is 638. The van der Waals surface area contributed by atoms with Crippen LogP contribution in [0.1, 0.15) is 18.3 Å². The predicted octanol–water partition coefficient (Wildman–Crippen LogP) is 0.435. The lowest BCUT2D eigenvalue weighted by molar-refractivity contribution is 0.581. The van der Waals surface area contributed by atoms with E-state index in [1.54, 1.807) is 12.1 Å². The fourth-order valence-corrected chi connectivity index (χ4v) is 2.83. The first kappa shape index (κ1) is 15.6. The van der Waals surface area contributed by atoms with Crippen LogP contribution in [-0.2, 0) is 23.0 Å². The van der Waals surface area contributed by atoms with E-state index in [1.807, 2.05) is 19.1 Å². The van der Waals surface area contributed by atoms with Gasteiger partial charge in [0.05, 0.1) is 4.90 Å². The number of nitrogens with one attached hydrogen (secondary N) is 3. The van der Waals surface area contributed by atoms with Gasteiger partial charge in [0.25, 0.3) is 0 Å². The molecule has 0 amide bonds. The van der Waals surface area contributed by atoms with Crippen LogP contribution in [0.15, 0.2) is 35.5 Å². The molecule has 2 rings (SSSR count). The average Bonchev–Trinajstić information content (AvgIpc) is 2.98.